The van der Waals surface area contributed by atoms with Crippen molar-refractivity contribution in [1.29, 1.82) is 0 Å². The van der Waals surface area contributed by atoms with Gasteiger partial charge in [0.2, 0.25) is 5.91 Å². The van der Waals surface area contributed by atoms with Gasteiger partial charge in [-0.05, 0) is 44.4 Å². The number of ether oxygens (including phenoxy) is 1. The normalized spacial score (nSPS) is 19.8. The number of hydrogen-bond acceptors (Lipinski definition) is 4. The second kappa shape index (κ2) is 8.88. The maximum Gasteiger partial charge on any atom is 0.393 e. The van der Waals surface area contributed by atoms with Crippen LogP contribution in [0.1, 0.15) is 48.3 Å². The summed E-state index contributed by atoms with van der Waals surface area (Å²) >= 11 is 0. The lowest BCUT2D eigenvalue weighted by atomic mass is 9.84. The van der Waals surface area contributed by atoms with Crippen LogP contribution >= 0.6 is 0 Å². The molecule has 1 aromatic carbocycles. The van der Waals surface area contributed by atoms with Gasteiger partial charge in [-0.3, -0.25) is 4.79 Å². The maximum absolute atomic E-state index is 13.2. The first-order chi connectivity index (χ1) is 13.7. The summed E-state index contributed by atoms with van der Waals surface area (Å²) in [6.07, 6.45) is -2.56. The molecule has 0 radical (unpaired) electrons. The van der Waals surface area contributed by atoms with Crippen molar-refractivity contribution in [2.75, 3.05) is 0 Å². The van der Waals surface area contributed by atoms with Crippen molar-refractivity contribution in [2.45, 2.75) is 64.8 Å². The summed E-state index contributed by atoms with van der Waals surface area (Å²) in [5.74, 6) is -0.523. The zero-order chi connectivity index (χ0) is 21.0. The van der Waals surface area contributed by atoms with Crippen LogP contribution in [-0.2, 0) is 17.8 Å². The average molecular weight is 410 g/mol. The highest BCUT2D eigenvalue weighted by atomic mass is 19.4. The zero-order valence-corrected chi connectivity index (χ0v) is 16.5. The molecular formula is C21H25F3N2O3. The van der Waals surface area contributed by atoms with Gasteiger partial charge in [0.1, 0.15) is 18.1 Å². The summed E-state index contributed by atoms with van der Waals surface area (Å²) in [7, 11) is 0. The number of benzene rings is 1. The van der Waals surface area contributed by atoms with E-state index in [-0.39, 0.29) is 12.8 Å². The predicted molar refractivity (Wildman–Crippen MR) is 100 cm³/mol. The minimum Gasteiger partial charge on any atom is -0.489 e. The summed E-state index contributed by atoms with van der Waals surface area (Å²) < 4.78 is 50.3. The lowest BCUT2D eigenvalue weighted by Gasteiger charge is -2.33. The van der Waals surface area contributed by atoms with Crippen LogP contribution in [0.4, 0.5) is 13.2 Å². The summed E-state index contributed by atoms with van der Waals surface area (Å²) in [6, 6.07) is 6.11. The van der Waals surface area contributed by atoms with E-state index in [1.54, 1.807) is 24.3 Å². The van der Waals surface area contributed by atoms with Gasteiger partial charge in [0.25, 0.3) is 0 Å². The Morgan fingerprint density at radius 3 is 2.52 bits per heavy atom. The van der Waals surface area contributed by atoms with Gasteiger partial charge in [-0.1, -0.05) is 30.1 Å². The van der Waals surface area contributed by atoms with Crippen LogP contribution in [0, 0.1) is 19.8 Å². The molecule has 0 spiro atoms. The molecule has 2 aromatic rings. The number of nitrogens with zero attached hydrogens (tertiary/aromatic N) is 1. The molecule has 1 heterocycles. The molecular weight excluding hydrogens is 385 g/mol. The first kappa shape index (κ1) is 21.2. The van der Waals surface area contributed by atoms with E-state index < -0.39 is 24.0 Å². The topological polar surface area (TPSA) is 64.4 Å². The Morgan fingerprint density at radius 1 is 1.21 bits per heavy atom. The van der Waals surface area contributed by atoms with Crippen molar-refractivity contribution in [1.82, 2.24) is 10.5 Å². The molecule has 1 aliphatic rings. The van der Waals surface area contributed by atoms with Gasteiger partial charge in [0, 0.05) is 6.04 Å². The van der Waals surface area contributed by atoms with Gasteiger partial charge in [0.15, 0.2) is 0 Å². The predicted octanol–water partition coefficient (Wildman–Crippen LogP) is 4.65. The number of carbonyl (C=O) groups excluding carboxylic acids is 1. The van der Waals surface area contributed by atoms with E-state index >= 15 is 0 Å². The Morgan fingerprint density at radius 2 is 1.90 bits per heavy atom. The number of carbonyl (C=O) groups is 1. The van der Waals surface area contributed by atoms with Gasteiger partial charge in [-0.25, -0.2) is 0 Å². The third kappa shape index (κ3) is 5.52. The van der Waals surface area contributed by atoms with Crippen LogP contribution < -0.4 is 10.1 Å². The highest BCUT2D eigenvalue weighted by Crippen LogP contribution is 2.37. The number of amides is 1. The molecule has 8 heteroatoms. The fraction of sp³-hybridized carbons (Fsp3) is 0.524. The SMILES string of the molecule is Cc1noc(C)c1COc1ccc(CC(=O)NC2CCCCC2C(F)(F)F)cc1. The lowest BCUT2D eigenvalue weighted by Crippen LogP contribution is -2.48. The molecule has 3 rings (SSSR count). The lowest BCUT2D eigenvalue weighted by molar-refractivity contribution is -0.189. The van der Waals surface area contributed by atoms with Crippen LogP contribution in [-0.4, -0.2) is 23.3 Å². The van der Waals surface area contributed by atoms with E-state index in [2.05, 4.69) is 10.5 Å². The van der Waals surface area contributed by atoms with E-state index in [9.17, 15) is 18.0 Å². The Bertz CT molecular complexity index is 811. The van der Waals surface area contributed by atoms with Crippen LogP contribution in [0.5, 0.6) is 5.75 Å². The van der Waals surface area contributed by atoms with Crippen molar-refractivity contribution < 1.29 is 27.2 Å². The smallest absolute Gasteiger partial charge is 0.393 e. The fourth-order valence-electron chi connectivity index (χ4n) is 3.71. The molecule has 5 nitrogen and oxygen atoms in total. The van der Waals surface area contributed by atoms with Crippen molar-refractivity contribution in [2.24, 2.45) is 5.92 Å². The minimum atomic E-state index is -4.28. The first-order valence-corrected chi connectivity index (χ1v) is 9.73. The molecule has 1 N–H and O–H groups in total. The van der Waals surface area contributed by atoms with Crippen molar-refractivity contribution in [3.05, 3.63) is 46.8 Å². The molecule has 1 aliphatic carbocycles. The van der Waals surface area contributed by atoms with Crippen LogP contribution in [0.25, 0.3) is 0 Å². The van der Waals surface area contributed by atoms with Gasteiger partial charge in [-0.2, -0.15) is 13.2 Å². The Hall–Kier alpha value is -2.51. The van der Waals surface area contributed by atoms with E-state index in [1.807, 2.05) is 13.8 Å². The number of halogens is 3. The Kier molecular flexibility index (Phi) is 6.49. The van der Waals surface area contributed by atoms with Crippen molar-refractivity contribution in [3.63, 3.8) is 0 Å². The highest BCUT2D eigenvalue weighted by molar-refractivity contribution is 5.79. The van der Waals surface area contributed by atoms with Gasteiger partial charge >= 0.3 is 6.18 Å². The quantitative estimate of drug-likeness (QED) is 0.753. The average Bonchev–Trinajstić information content (AvgIpc) is 2.98. The number of rotatable bonds is 6. The summed E-state index contributed by atoms with van der Waals surface area (Å²) in [5, 5.41) is 6.46. The number of nitrogens with one attached hydrogen (secondary N) is 1. The van der Waals surface area contributed by atoms with Gasteiger partial charge in [-0.15, -0.1) is 0 Å². The zero-order valence-electron chi connectivity index (χ0n) is 16.5. The highest BCUT2D eigenvalue weighted by Gasteiger charge is 2.45. The van der Waals surface area contributed by atoms with Crippen LogP contribution in [0.15, 0.2) is 28.8 Å². The number of aryl methyl sites for hydroxylation is 2. The monoisotopic (exact) mass is 410 g/mol. The second-order valence-electron chi connectivity index (χ2n) is 7.52. The molecule has 29 heavy (non-hydrogen) atoms. The number of alkyl halides is 3. The molecule has 0 aliphatic heterocycles. The molecule has 2 atom stereocenters. The summed E-state index contributed by atoms with van der Waals surface area (Å²) in [4.78, 5) is 12.3. The largest absolute Gasteiger partial charge is 0.489 e. The van der Waals surface area contributed by atoms with Crippen molar-refractivity contribution in [3.8, 4) is 5.75 Å². The molecule has 0 saturated heterocycles. The molecule has 1 saturated carbocycles. The maximum atomic E-state index is 13.2. The van der Waals surface area contributed by atoms with E-state index in [0.29, 0.717) is 42.9 Å². The van der Waals surface area contributed by atoms with E-state index in [0.717, 1.165) is 11.3 Å². The van der Waals surface area contributed by atoms with Crippen molar-refractivity contribution >= 4 is 5.91 Å². The van der Waals surface area contributed by atoms with Crippen LogP contribution in [0.3, 0.4) is 0 Å². The van der Waals surface area contributed by atoms with Crippen LogP contribution in [0.2, 0.25) is 0 Å². The summed E-state index contributed by atoms with van der Waals surface area (Å²) in [5.41, 5.74) is 2.38. The molecule has 1 aromatic heterocycles. The third-order valence-corrected chi connectivity index (χ3v) is 5.39. The molecule has 1 amide bonds. The molecule has 158 valence electrons. The summed E-state index contributed by atoms with van der Waals surface area (Å²) in [6.45, 7) is 3.98. The van der Waals surface area contributed by atoms with Gasteiger partial charge in [0.05, 0.1) is 23.6 Å². The Labute approximate surface area is 167 Å². The standard InChI is InChI=1S/C21H25F3N2O3/c1-13-17(14(2)29-26-13)12-28-16-9-7-15(8-10-16)11-20(27)25-19-6-4-3-5-18(19)21(22,23)24/h7-10,18-19H,3-6,11-12H2,1-2H3,(H,25,27). The Balaban J connectivity index is 1.53. The number of hydrogen-bond donors (Lipinski definition) is 1. The van der Waals surface area contributed by atoms with E-state index in [4.69, 9.17) is 9.26 Å². The first-order valence-electron chi connectivity index (χ1n) is 9.73. The molecule has 2 unspecified atom stereocenters. The van der Waals surface area contributed by atoms with Gasteiger partial charge < -0.3 is 14.6 Å². The fourth-order valence-corrected chi connectivity index (χ4v) is 3.71. The number of aromatic nitrogens is 1. The van der Waals surface area contributed by atoms with E-state index in [1.165, 1.54) is 0 Å². The third-order valence-electron chi connectivity index (χ3n) is 5.39. The minimum absolute atomic E-state index is 0.0330. The molecule has 1 fully saturated rings. The second-order valence-corrected chi connectivity index (χ2v) is 7.52. The molecule has 0 bridgehead atoms.